The van der Waals surface area contributed by atoms with Gasteiger partial charge in [0, 0.05) is 34.1 Å². The molecule has 3 aromatic carbocycles. The number of thioether (sulfide) groups is 1. The molecule has 2 amide bonds. The Kier molecular flexibility index (Phi) is 7.32. The van der Waals surface area contributed by atoms with Crippen molar-refractivity contribution >= 4 is 40.4 Å². The number of benzene rings is 3. The van der Waals surface area contributed by atoms with Crippen LogP contribution in [0.4, 0.5) is 10.5 Å². The van der Waals surface area contributed by atoms with E-state index in [2.05, 4.69) is 15.6 Å². The molecule has 4 aromatic rings. The number of aromatic amines is 1. The number of carbonyl (C=O) groups excluding carboxylic acids is 2. The second-order valence-corrected chi connectivity index (χ2v) is 8.42. The Morgan fingerprint density at radius 2 is 1.79 bits per heavy atom. The van der Waals surface area contributed by atoms with Gasteiger partial charge in [-0.2, -0.15) is 0 Å². The number of H-pyrrole nitrogens is 1. The van der Waals surface area contributed by atoms with Gasteiger partial charge in [0.2, 0.25) is 5.91 Å². The molecule has 1 atom stereocenters. The number of hydrogen-bond donors (Lipinski definition) is 3. The minimum absolute atomic E-state index is 0.129. The number of aromatic nitrogens is 1. The summed E-state index contributed by atoms with van der Waals surface area (Å²) in [7, 11) is 0. The number of hydrogen-bond acceptors (Lipinski definition) is 4. The van der Waals surface area contributed by atoms with Crippen molar-refractivity contribution in [2.24, 2.45) is 0 Å². The van der Waals surface area contributed by atoms with E-state index in [9.17, 15) is 9.59 Å². The van der Waals surface area contributed by atoms with E-state index in [0.29, 0.717) is 12.1 Å². The fourth-order valence-corrected chi connectivity index (χ4v) is 4.03. The molecule has 0 bridgehead atoms. The van der Waals surface area contributed by atoms with Crippen molar-refractivity contribution in [1.82, 2.24) is 10.3 Å². The third-order valence-corrected chi connectivity index (χ3v) is 5.98. The largest absolute Gasteiger partial charge is 0.445 e. The van der Waals surface area contributed by atoms with Gasteiger partial charge < -0.3 is 20.4 Å². The zero-order valence-corrected chi connectivity index (χ0v) is 19.0. The van der Waals surface area contributed by atoms with Gasteiger partial charge >= 0.3 is 6.09 Å². The lowest BCUT2D eigenvalue weighted by molar-refractivity contribution is -0.118. The molecule has 0 saturated carbocycles. The van der Waals surface area contributed by atoms with Crippen molar-refractivity contribution in [3.8, 4) is 0 Å². The molecule has 0 aliphatic carbocycles. The van der Waals surface area contributed by atoms with E-state index in [0.717, 1.165) is 26.9 Å². The van der Waals surface area contributed by atoms with Crippen molar-refractivity contribution < 1.29 is 14.3 Å². The van der Waals surface area contributed by atoms with Gasteiger partial charge in [-0.15, -0.1) is 11.8 Å². The monoisotopic (exact) mass is 459 g/mol. The molecule has 0 spiro atoms. The predicted molar refractivity (Wildman–Crippen MR) is 132 cm³/mol. The molecule has 7 heteroatoms. The maximum Gasteiger partial charge on any atom is 0.408 e. The van der Waals surface area contributed by atoms with E-state index in [4.69, 9.17) is 4.74 Å². The average Bonchev–Trinajstić information content (AvgIpc) is 3.26. The lowest BCUT2D eigenvalue weighted by Gasteiger charge is -2.18. The highest BCUT2D eigenvalue weighted by atomic mass is 32.2. The second-order valence-electron chi connectivity index (χ2n) is 7.54. The van der Waals surface area contributed by atoms with Crippen LogP contribution in [0.2, 0.25) is 0 Å². The van der Waals surface area contributed by atoms with Crippen LogP contribution in [0.5, 0.6) is 0 Å². The summed E-state index contributed by atoms with van der Waals surface area (Å²) in [6.45, 7) is 0.129. The molecule has 6 nitrogen and oxygen atoms in total. The van der Waals surface area contributed by atoms with Crippen LogP contribution in [0.15, 0.2) is 90.0 Å². The Bertz CT molecular complexity index is 1240. The number of alkyl carbamates (subject to hydrolysis) is 1. The fourth-order valence-electron chi connectivity index (χ4n) is 3.57. The summed E-state index contributed by atoms with van der Waals surface area (Å²) in [6.07, 6.45) is 3.52. The molecule has 33 heavy (non-hydrogen) atoms. The van der Waals surface area contributed by atoms with Crippen LogP contribution >= 0.6 is 11.8 Å². The SMILES string of the molecule is CSc1cccc(NC(=O)[C@@H](Cc2c[nH]c3ccccc23)NC(=O)OCc2ccccc2)c1. The van der Waals surface area contributed by atoms with Crippen LogP contribution in [-0.4, -0.2) is 29.3 Å². The van der Waals surface area contributed by atoms with Gasteiger partial charge in [0.25, 0.3) is 0 Å². The minimum Gasteiger partial charge on any atom is -0.445 e. The topological polar surface area (TPSA) is 83.2 Å². The Labute approximate surface area is 196 Å². The van der Waals surface area contributed by atoms with Crippen molar-refractivity contribution in [3.05, 3.63) is 96.2 Å². The van der Waals surface area contributed by atoms with Crippen LogP contribution in [0, 0.1) is 0 Å². The molecule has 1 aromatic heterocycles. The highest BCUT2D eigenvalue weighted by Crippen LogP contribution is 2.21. The number of para-hydroxylation sites is 1. The first-order chi connectivity index (χ1) is 16.1. The Balaban J connectivity index is 1.50. The Morgan fingerprint density at radius 1 is 1.00 bits per heavy atom. The number of ether oxygens (including phenoxy) is 1. The third-order valence-electron chi connectivity index (χ3n) is 5.26. The Hall–Kier alpha value is -3.71. The van der Waals surface area contributed by atoms with E-state index < -0.39 is 12.1 Å². The maximum atomic E-state index is 13.2. The predicted octanol–water partition coefficient (Wildman–Crippen LogP) is 5.37. The maximum absolute atomic E-state index is 13.2. The fraction of sp³-hybridized carbons (Fsp3) is 0.154. The third kappa shape index (κ3) is 5.96. The van der Waals surface area contributed by atoms with Gasteiger partial charge in [-0.1, -0.05) is 54.6 Å². The standard InChI is InChI=1S/C26H25N3O3S/c1-33-21-11-7-10-20(15-21)28-25(30)24(14-19-16-27-23-13-6-5-12-22(19)23)29-26(31)32-17-18-8-3-2-4-9-18/h2-13,15-16,24,27H,14,17H2,1H3,(H,28,30)(H,29,31)/t24-/m1/s1. The van der Waals surface area contributed by atoms with Crippen LogP contribution in [-0.2, 0) is 22.6 Å². The van der Waals surface area contributed by atoms with Crippen LogP contribution in [0.3, 0.4) is 0 Å². The molecule has 0 unspecified atom stereocenters. The van der Waals surface area contributed by atoms with Crippen molar-refractivity contribution in [3.63, 3.8) is 0 Å². The quantitative estimate of drug-likeness (QED) is 0.310. The number of rotatable bonds is 8. The molecule has 1 heterocycles. The molecule has 0 aliphatic heterocycles. The van der Waals surface area contributed by atoms with Crippen LogP contribution in [0.25, 0.3) is 10.9 Å². The van der Waals surface area contributed by atoms with E-state index in [1.54, 1.807) is 11.8 Å². The molecule has 168 valence electrons. The van der Waals surface area contributed by atoms with Gasteiger partial charge in [0.05, 0.1) is 0 Å². The molecular formula is C26H25N3O3S. The van der Waals surface area contributed by atoms with Gasteiger partial charge in [-0.25, -0.2) is 4.79 Å². The lowest BCUT2D eigenvalue weighted by atomic mass is 10.0. The molecule has 0 radical (unpaired) electrons. The van der Waals surface area contributed by atoms with Crippen molar-refractivity contribution in [2.45, 2.75) is 24.0 Å². The summed E-state index contributed by atoms with van der Waals surface area (Å²) in [5, 5.41) is 6.68. The summed E-state index contributed by atoms with van der Waals surface area (Å²) in [4.78, 5) is 30.0. The Morgan fingerprint density at radius 3 is 2.61 bits per heavy atom. The second kappa shape index (κ2) is 10.7. The first-order valence-corrected chi connectivity index (χ1v) is 11.8. The average molecular weight is 460 g/mol. The molecule has 0 aliphatic rings. The van der Waals surface area contributed by atoms with Crippen molar-refractivity contribution in [1.29, 1.82) is 0 Å². The highest BCUT2D eigenvalue weighted by molar-refractivity contribution is 7.98. The van der Waals surface area contributed by atoms with Gasteiger partial charge in [0.1, 0.15) is 12.6 Å². The number of carbonyl (C=O) groups is 2. The van der Waals surface area contributed by atoms with E-state index in [1.807, 2.05) is 91.3 Å². The number of nitrogens with one attached hydrogen (secondary N) is 3. The number of amides is 2. The molecule has 3 N–H and O–H groups in total. The van der Waals surface area contributed by atoms with Crippen LogP contribution < -0.4 is 10.6 Å². The summed E-state index contributed by atoms with van der Waals surface area (Å²) >= 11 is 1.59. The van der Waals surface area contributed by atoms with E-state index in [-0.39, 0.29) is 12.5 Å². The molecule has 0 fully saturated rings. The molecular weight excluding hydrogens is 434 g/mol. The van der Waals surface area contributed by atoms with Crippen LogP contribution in [0.1, 0.15) is 11.1 Å². The van der Waals surface area contributed by atoms with Crippen molar-refractivity contribution in [2.75, 3.05) is 11.6 Å². The van der Waals surface area contributed by atoms with Gasteiger partial charge in [-0.05, 0) is 41.6 Å². The zero-order valence-electron chi connectivity index (χ0n) is 18.2. The smallest absolute Gasteiger partial charge is 0.408 e. The summed E-state index contributed by atoms with van der Waals surface area (Å²) < 4.78 is 5.36. The normalized spacial score (nSPS) is 11.7. The lowest BCUT2D eigenvalue weighted by Crippen LogP contribution is -2.45. The number of fused-ring (bicyclic) bond motifs is 1. The molecule has 4 rings (SSSR count). The zero-order chi connectivity index (χ0) is 23.0. The van der Waals surface area contributed by atoms with E-state index >= 15 is 0 Å². The summed E-state index contributed by atoms with van der Waals surface area (Å²) in [5.41, 5.74) is 3.47. The first-order valence-electron chi connectivity index (χ1n) is 10.6. The van der Waals surface area contributed by atoms with Gasteiger partial charge in [-0.3, -0.25) is 4.79 Å². The number of anilines is 1. The minimum atomic E-state index is -0.814. The highest BCUT2D eigenvalue weighted by Gasteiger charge is 2.23. The summed E-state index contributed by atoms with van der Waals surface area (Å²) in [6, 6.07) is 24.1. The van der Waals surface area contributed by atoms with Gasteiger partial charge in [0.15, 0.2) is 0 Å². The molecule has 0 saturated heterocycles. The van der Waals surface area contributed by atoms with E-state index in [1.165, 1.54) is 0 Å². The first kappa shape index (κ1) is 22.5. The summed E-state index contributed by atoms with van der Waals surface area (Å²) in [5.74, 6) is -0.310.